The predicted octanol–water partition coefficient (Wildman–Crippen LogP) is 1.71. The zero-order valence-corrected chi connectivity index (χ0v) is 4.84. The van der Waals surface area contributed by atoms with Gasteiger partial charge in [-0.1, -0.05) is 0 Å². The molecule has 0 amide bonds. The molecule has 1 aromatic rings. The monoisotopic (exact) mass is 172 g/mol. The molecule has 0 bridgehead atoms. The summed E-state index contributed by atoms with van der Waals surface area (Å²) in [6, 6.07) is 0. The standard InChI is InChI=1S/C4HF5N2/c5-2-1(4(7,8)9)3(6)11-10-2/h(H,10,11). The van der Waals surface area contributed by atoms with Crippen LogP contribution in [0.5, 0.6) is 0 Å². The van der Waals surface area contributed by atoms with E-state index < -0.39 is 23.6 Å². The van der Waals surface area contributed by atoms with E-state index in [0.29, 0.717) is 0 Å². The van der Waals surface area contributed by atoms with Crippen molar-refractivity contribution < 1.29 is 22.0 Å². The van der Waals surface area contributed by atoms with Crippen LogP contribution in [-0.4, -0.2) is 10.2 Å². The number of nitrogens with one attached hydrogen (secondary N) is 1. The molecule has 1 aromatic heterocycles. The summed E-state index contributed by atoms with van der Waals surface area (Å²) in [6.07, 6.45) is -5.04. The molecule has 0 unspecified atom stereocenters. The molecule has 0 radical (unpaired) electrons. The average Bonchev–Trinajstić information content (AvgIpc) is 2.08. The quantitative estimate of drug-likeness (QED) is 0.593. The Bertz CT molecular complexity index is 242. The topological polar surface area (TPSA) is 28.7 Å². The van der Waals surface area contributed by atoms with Gasteiger partial charge in [-0.2, -0.15) is 22.0 Å². The van der Waals surface area contributed by atoms with E-state index in [9.17, 15) is 22.0 Å². The van der Waals surface area contributed by atoms with Gasteiger partial charge in [0.05, 0.1) is 0 Å². The molecular weight excluding hydrogens is 171 g/mol. The van der Waals surface area contributed by atoms with Gasteiger partial charge in [0.2, 0.25) is 11.9 Å². The highest BCUT2D eigenvalue weighted by Gasteiger charge is 2.39. The van der Waals surface area contributed by atoms with E-state index >= 15 is 0 Å². The third-order valence-electron chi connectivity index (χ3n) is 0.961. The molecular formula is C4HF5N2. The van der Waals surface area contributed by atoms with E-state index in [1.165, 1.54) is 5.10 Å². The maximum Gasteiger partial charge on any atom is 0.425 e. The molecule has 1 rings (SSSR count). The van der Waals surface area contributed by atoms with Gasteiger partial charge >= 0.3 is 6.18 Å². The number of hydrogen-bond donors (Lipinski definition) is 1. The van der Waals surface area contributed by atoms with Gasteiger partial charge in [0, 0.05) is 0 Å². The van der Waals surface area contributed by atoms with Crippen molar-refractivity contribution >= 4 is 0 Å². The fraction of sp³-hybridized carbons (Fsp3) is 0.250. The highest BCUT2D eigenvalue weighted by atomic mass is 19.4. The van der Waals surface area contributed by atoms with Crippen molar-refractivity contribution in [1.82, 2.24) is 10.2 Å². The first-order chi connectivity index (χ1) is 4.93. The molecule has 0 saturated carbocycles. The third kappa shape index (κ3) is 1.31. The number of halogens is 5. The van der Waals surface area contributed by atoms with Crippen LogP contribution in [0.4, 0.5) is 22.0 Å². The van der Waals surface area contributed by atoms with E-state index in [2.05, 4.69) is 5.10 Å². The number of rotatable bonds is 0. The highest BCUT2D eigenvalue weighted by Crippen LogP contribution is 2.31. The minimum atomic E-state index is -5.04. The van der Waals surface area contributed by atoms with Gasteiger partial charge in [-0.3, -0.25) is 0 Å². The Hall–Kier alpha value is -1.14. The van der Waals surface area contributed by atoms with Gasteiger partial charge < -0.3 is 0 Å². The number of aromatic nitrogens is 2. The largest absolute Gasteiger partial charge is 0.425 e. The minimum Gasteiger partial charge on any atom is -0.250 e. The van der Waals surface area contributed by atoms with Crippen LogP contribution < -0.4 is 0 Å². The van der Waals surface area contributed by atoms with Crippen LogP contribution in [0.3, 0.4) is 0 Å². The summed E-state index contributed by atoms with van der Waals surface area (Å²) >= 11 is 0. The number of alkyl halides is 3. The predicted molar refractivity (Wildman–Crippen MR) is 23.5 cm³/mol. The van der Waals surface area contributed by atoms with Crippen molar-refractivity contribution in [1.29, 1.82) is 0 Å². The summed E-state index contributed by atoms with van der Waals surface area (Å²) < 4.78 is 58.8. The Morgan fingerprint density at radius 1 is 1.18 bits per heavy atom. The van der Waals surface area contributed by atoms with Gasteiger partial charge in [-0.25, -0.2) is 5.10 Å². The van der Waals surface area contributed by atoms with E-state index in [4.69, 9.17) is 0 Å². The van der Waals surface area contributed by atoms with E-state index in [1.54, 1.807) is 0 Å². The van der Waals surface area contributed by atoms with Gasteiger partial charge in [0.1, 0.15) is 0 Å². The fourth-order valence-corrected chi connectivity index (χ4v) is 0.542. The number of nitrogens with zero attached hydrogens (tertiary/aromatic N) is 1. The lowest BCUT2D eigenvalue weighted by Gasteiger charge is -2.00. The lowest BCUT2D eigenvalue weighted by molar-refractivity contribution is -0.142. The third-order valence-corrected chi connectivity index (χ3v) is 0.961. The van der Waals surface area contributed by atoms with Gasteiger partial charge in [-0.05, 0) is 0 Å². The number of hydrogen-bond acceptors (Lipinski definition) is 1. The number of aromatic amines is 1. The maximum absolute atomic E-state index is 12.0. The summed E-state index contributed by atoms with van der Waals surface area (Å²) in [4.78, 5) is 0. The Kier molecular flexibility index (Phi) is 1.57. The van der Waals surface area contributed by atoms with E-state index in [0.717, 1.165) is 0 Å². The van der Waals surface area contributed by atoms with Crippen molar-refractivity contribution in [3.8, 4) is 0 Å². The molecule has 0 saturated heterocycles. The highest BCUT2D eigenvalue weighted by molar-refractivity contribution is 5.11. The van der Waals surface area contributed by atoms with Crippen LogP contribution >= 0.6 is 0 Å². The molecule has 0 aromatic carbocycles. The Morgan fingerprint density at radius 2 is 1.73 bits per heavy atom. The Balaban J connectivity index is 3.21. The summed E-state index contributed by atoms with van der Waals surface area (Å²) in [6.45, 7) is 0. The second-order valence-corrected chi connectivity index (χ2v) is 1.70. The van der Waals surface area contributed by atoms with E-state index in [1.807, 2.05) is 0 Å². The molecule has 2 nitrogen and oxygen atoms in total. The van der Waals surface area contributed by atoms with Crippen molar-refractivity contribution in [3.05, 3.63) is 17.5 Å². The molecule has 62 valence electrons. The smallest absolute Gasteiger partial charge is 0.250 e. The summed E-state index contributed by atoms with van der Waals surface area (Å²) in [5.74, 6) is -3.69. The van der Waals surface area contributed by atoms with Crippen LogP contribution in [0, 0.1) is 11.9 Å². The molecule has 7 heteroatoms. The van der Waals surface area contributed by atoms with Crippen molar-refractivity contribution in [2.75, 3.05) is 0 Å². The lowest BCUT2D eigenvalue weighted by atomic mass is 10.3. The van der Waals surface area contributed by atoms with Crippen LogP contribution in [0.2, 0.25) is 0 Å². The fourth-order valence-electron chi connectivity index (χ4n) is 0.542. The summed E-state index contributed by atoms with van der Waals surface area (Å²) in [5, 5.41) is 3.63. The maximum atomic E-state index is 12.0. The van der Waals surface area contributed by atoms with Crippen molar-refractivity contribution in [2.24, 2.45) is 0 Å². The Morgan fingerprint density at radius 3 is 1.91 bits per heavy atom. The van der Waals surface area contributed by atoms with Crippen LogP contribution in [0.15, 0.2) is 0 Å². The van der Waals surface area contributed by atoms with Crippen LogP contribution in [-0.2, 0) is 6.18 Å². The summed E-state index contributed by atoms with van der Waals surface area (Å²) in [5.41, 5.74) is -1.99. The van der Waals surface area contributed by atoms with Crippen LogP contribution in [0.25, 0.3) is 0 Å². The Labute approximate surface area is 57.0 Å². The lowest BCUT2D eigenvalue weighted by Crippen LogP contribution is -2.08. The molecule has 0 aliphatic heterocycles. The van der Waals surface area contributed by atoms with Crippen LogP contribution in [0.1, 0.15) is 5.56 Å². The molecule has 1 heterocycles. The molecule has 0 aliphatic carbocycles. The summed E-state index contributed by atoms with van der Waals surface area (Å²) in [7, 11) is 0. The van der Waals surface area contributed by atoms with E-state index in [-0.39, 0.29) is 0 Å². The molecule has 0 aliphatic rings. The van der Waals surface area contributed by atoms with Gasteiger partial charge in [0.25, 0.3) is 0 Å². The first-order valence-corrected chi connectivity index (χ1v) is 2.39. The van der Waals surface area contributed by atoms with Gasteiger partial charge in [0.15, 0.2) is 5.56 Å². The first-order valence-electron chi connectivity index (χ1n) is 2.39. The average molecular weight is 172 g/mol. The second kappa shape index (κ2) is 2.18. The number of H-pyrrole nitrogens is 1. The SMILES string of the molecule is Fc1n[nH]c(F)c1C(F)(F)F. The first kappa shape index (κ1) is 7.96. The molecule has 1 N–H and O–H groups in total. The molecule has 0 atom stereocenters. The van der Waals surface area contributed by atoms with Gasteiger partial charge in [-0.15, -0.1) is 5.10 Å². The minimum absolute atomic E-state index is 1.23. The van der Waals surface area contributed by atoms with Crippen molar-refractivity contribution in [3.63, 3.8) is 0 Å². The zero-order chi connectivity index (χ0) is 8.65. The normalized spacial score (nSPS) is 12.1. The van der Waals surface area contributed by atoms with Crippen molar-refractivity contribution in [2.45, 2.75) is 6.18 Å². The zero-order valence-electron chi connectivity index (χ0n) is 4.84. The molecule has 0 spiro atoms. The molecule has 11 heavy (non-hydrogen) atoms. The second-order valence-electron chi connectivity index (χ2n) is 1.70. The molecule has 0 fully saturated rings.